The fraction of sp³-hybridized carbons (Fsp3) is 0.619. The summed E-state index contributed by atoms with van der Waals surface area (Å²) >= 11 is 0. The SMILES string of the molecule is O=C(NCC1(O)CCN(C(=O)[C@H]2CCCCN2)CC1)Nc1cc(C(F)(F)F)cc(C(F)(F)F)c1. The molecule has 4 N–H and O–H groups in total. The van der Waals surface area contributed by atoms with Crippen LogP contribution in [0.5, 0.6) is 0 Å². The number of piperidine rings is 2. The van der Waals surface area contributed by atoms with Gasteiger partial charge in [0.05, 0.1) is 22.8 Å². The van der Waals surface area contributed by atoms with Gasteiger partial charge in [-0.05, 0) is 50.4 Å². The number of nitrogens with one attached hydrogen (secondary N) is 3. The largest absolute Gasteiger partial charge is 0.416 e. The van der Waals surface area contributed by atoms with Crippen molar-refractivity contribution in [3.8, 4) is 0 Å². The molecule has 34 heavy (non-hydrogen) atoms. The molecule has 2 saturated heterocycles. The third kappa shape index (κ3) is 6.75. The summed E-state index contributed by atoms with van der Waals surface area (Å²) in [6.07, 6.45) is -7.05. The van der Waals surface area contributed by atoms with E-state index in [4.69, 9.17) is 0 Å². The first-order chi connectivity index (χ1) is 15.8. The number of halogens is 6. The predicted molar refractivity (Wildman–Crippen MR) is 110 cm³/mol. The smallest absolute Gasteiger partial charge is 0.388 e. The lowest BCUT2D eigenvalue weighted by Gasteiger charge is -2.40. The number of nitrogens with zero attached hydrogens (tertiary/aromatic N) is 1. The van der Waals surface area contributed by atoms with E-state index in [1.165, 1.54) is 0 Å². The number of hydrogen-bond donors (Lipinski definition) is 4. The first-order valence-electron chi connectivity index (χ1n) is 10.9. The zero-order chi connectivity index (χ0) is 25.1. The first-order valence-corrected chi connectivity index (χ1v) is 10.9. The van der Waals surface area contributed by atoms with Crippen LogP contribution >= 0.6 is 0 Å². The third-order valence-corrected chi connectivity index (χ3v) is 6.04. The molecule has 7 nitrogen and oxygen atoms in total. The Balaban J connectivity index is 1.55. The van der Waals surface area contributed by atoms with Gasteiger partial charge in [-0.15, -0.1) is 0 Å². The first kappa shape index (κ1) is 26.1. The van der Waals surface area contributed by atoms with Crippen LogP contribution in [0.15, 0.2) is 18.2 Å². The van der Waals surface area contributed by atoms with E-state index < -0.39 is 40.8 Å². The van der Waals surface area contributed by atoms with Gasteiger partial charge < -0.3 is 26.0 Å². The minimum absolute atomic E-state index is 0.0380. The molecular weight excluding hydrogens is 470 g/mol. The maximum absolute atomic E-state index is 13.0. The molecule has 2 heterocycles. The zero-order valence-corrected chi connectivity index (χ0v) is 18.2. The molecule has 0 unspecified atom stereocenters. The van der Waals surface area contributed by atoms with E-state index >= 15 is 0 Å². The number of benzene rings is 1. The van der Waals surface area contributed by atoms with Gasteiger partial charge >= 0.3 is 18.4 Å². The Morgan fingerprint density at radius 2 is 1.62 bits per heavy atom. The number of hydrogen-bond acceptors (Lipinski definition) is 4. The Morgan fingerprint density at radius 3 is 2.12 bits per heavy atom. The van der Waals surface area contributed by atoms with E-state index in [0.717, 1.165) is 25.8 Å². The second-order valence-electron chi connectivity index (χ2n) is 8.65. The van der Waals surface area contributed by atoms with Crippen molar-refractivity contribution < 1.29 is 41.0 Å². The summed E-state index contributed by atoms with van der Waals surface area (Å²) in [5, 5.41) is 18.1. The Labute approximate surface area is 191 Å². The van der Waals surface area contributed by atoms with Crippen LogP contribution in [-0.2, 0) is 17.1 Å². The monoisotopic (exact) mass is 496 g/mol. The van der Waals surface area contributed by atoms with Crippen molar-refractivity contribution in [2.24, 2.45) is 0 Å². The Morgan fingerprint density at radius 1 is 1.03 bits per heavy atom. The Bertz CT molecular complexity index is 859. The molecule has 0 radical (unpaired) electrons. The number of likely N-dealkylation sites (tertiary alicyclic amines) is 1. The van der Waals surface area contributed by atoms with Gasteiger partial charge in [-0.25, -0.2) is 4.79 Å². The summed E-state index contributed by atoms with van der Waals surface area (Å²) in [5.74, 6) is -0.0440. The highest BCUT2D eigenvalue weighted by Crippen LogP contribution is 2.37. The van der Waals surface area contributed by atoms with Gasteiger partial charge in [0.15, 0.2) is 0 Å². The van der Waals surface area contributed by atoms with Crippen molar-refractivity contribution in [1.82, 2.24) is 15.5 Å². The van der Waals surface area contributed by atoms with Crippen LogP contribution in [0.25, 0.3) is 0 Å². The van der Waals surface area contributed by atoms with Gasteiger partial charge in [0.25, 0.3) is 0 Å². The van der Waals surface area contributed by atoms with Crippen LogP contribution in [0.4, 0.5) is 36.8 Å². The lowest BCUT2D eigenvalue weighted by Crippen LogP contribution is -2.56. The highest BCUT2D eigenvalue weighted by atomic mass is 19.4. The predicted octanol–water partition coefficient (Wildman–Crippen LogP) is 3.34. The fourth-order valence-corrected chi connectivity index (χ4v) is 4.05. The molecule has 3 amide bonds. The number of anilines is 1. The lowest BCUT2D eigenvalue weighted by atomic mass is 9.90. The summed E-state index contributed by atoms with van der Waals surface area (Å²) in [4.78, 5) is 26.3. The molecule has 0 aromatic heterocycles. The molecule has 2 aliphatic rings. The molecular formula is C21H26F6N4O3. The Hall–Kier alpha value is -2.54. The number of amides is 3. The zero-order valence-electron chi connectivity index (χ0n) is 18.2. The normalized spacial score (nSPS) is 21.1. The second-order valence-corrected chi connectivity index (χ2v) is 8.65. The number of rotatable bonds is 4. The molecule has 0 bridgehead atoms. The van der Waals surface area contributed by atoms with Gasteiger partial charge in [0, 0.05) is 25.3 Å². The summed E-state index contributed by atoms with van der Waals surface area (Å²) in [5.41, 5.74) is -5.16. The molecule has 1 aromatic rings. The van der Waals surface area contributed by atoms with Crippen molar-refractivity contribution in [3.05, 3.63) is 29.3 Å². The molecule has 0 spiro atoms. The molecule has 1 aromatic carbocycles. The van der Waals surface area contributed by atoms with E-state index in [2.05, 4.69) is 10.6 Å². The summed E-state index contributed by atoms with van der Waals surface area (Å²) in [6.45, 7) is 1.01. The average molecular weight is 496 g/mol. The number of carbonyl (C=O) groups is 2. The molecule has 2 aliphatic heterocycles. The minimum Gasteiger partial charge on any atom is -0.388 e. The van der Waals surface area contributed by atoms with Crippen molar-refractivity contribution in [1.29, 1.82) is 0 Å². The molecule has 3 rings (SSSR count). The van der Waals surface area contributed by atoms with Crippen LogP contribution in [-0.4, -0.2) is 59.8 Å². The van der Waals surface area contributed by atoms with Crippen molar-refractivity contribution in [3.63, 3.8) is 0 Å². The number of aliphatic hydroxyl groups is 1. The van der Waals surface area contributed by atoms with Gasteiger partial charge in [0.2, 0.25) is 5.91 Å². The fourth-order valence-electron chi connectivity index (χ4n) is 4.05. The van der Waals surface area contributed by atoms with Gasteiger partial charge in [-0.1, -0.05) is 6.42 Å². The molecule has 190 valence electrons. The van der Waals surface area contributed by atoms with Crippen LogP contribution in [0.1, 0.15) is 43.2 Å². The molecule has 0 saturated carbocycles. The van der Waals surface area contributed by atoms with Crippen LogP contribution in [0, 0.1) is 0 Å². The summed E-state index contributed by atoms with van der Waals surface area (Å²) < 4.78 is 77.8. The van der Waals surface area contributed by atoms with Crippen molar-refractivity contribution >= 4 is 17.6 Å². The topological polar surface area (TPSA) is 93.7 Å². The molecule has 13 heteroatoms. The molecule has 0 aliphatic carbocycles. The number of carbonyl (C=O) groups excluding carboxylic acids is 2. The van der Waals surface area contributed by atoms with Crippen LogP contribution in [0.3, 0.4) is 0 Å². The van der Waals surface area contributed by atoms with E-state index in [1.807, 2.05) is 5.32 Å². The van der Waals surface area contributed by atoms with E-state index in [0.29, 0.717) is 12.1 Å². The van der Waals surface area contributed by atoms with Gasteiger partial charge in [-0.2, -0.15) is 26.3 Å². The summed E-state index contributed by atoms with van der Waals surface area (Å²) in [7, 11) is 0. The third-order valence-electron chi connectivity index (χ3n) is 6.04. The standard InChI is InChI=1S/C21H26F6N4O3/c22-20(23,24)13-9-14(21(25,26)27)11-15(10-13)30-18(33)29-12-19(34)4-7-31(8-5-19)17(32)16-3-1-2-6-28-16/h9-11,16,28,34H,1-8,12H2,(H2,29,30,33)/t16-/m1/s1. The highest BCUT2D eigenvalue weighted by molar-refractivity contribution is 5.89. The summed E-state index contributed by atoms with van der Waals surface area (Å²) in [6, 6.07) is -0.562. The van der Waals surface area contributed by atoms with Gasteiger partial charge in [0.1, 0.15) is 0 Å². The van der Waals surface area contributed by atoms with Crippen LogP contribution in [0.2, 0.25) is 0 Å². The quantitative estimate of drug-likeness (QED) is 0.481. The minimum atomic E-state index is -5.04. The van der Waals surface area contributed by atoms with Gasteiger partial charge in [-0.3, -0.25) is 4.79 Å². The second kappa shape index (κ2) is 9.98. The molecule has 2 fully saturated rings. The average Bonchev–Trinajstić information content (AvgIpc) is 2.77. The number of alkyl halides is 6. The lowest BCUT2D eigenvalue weighted by molar-refractivity contribution is -0.143. The van der Waals surface area contributed by atoms with E-state index in [1.54, 1.807) is 4.90 Å². The van der Waals surface area contributed by atoms with E-state index in [-0.39, 0.29) is 50.5 Å². The van der Waals surface area contributed by atoms with E-state index in [9.17, 15) is 41.0 Å². The Kier molecular flexibility index (Phi) is 7.65. The maximum atomic E-state index is 13.0. The van der Waals surface area contributed by atoms with Crippen LogP contribution < -0.4 is 16.0 Å². The highest BCUT2D eigenvalue weighted by Gasteiger charge is 2.38. The van der Waals surface area contributed by atoms with Crippen molar-refractivity contribution in [2.75, 3.05) is 31.5 Å². The maximum Gasteiger partial charge on any atom is 0.416 e. The number of urea groups is 1. The molecule has 1 atom stereocenters. The van der Waals surface area contributed by atoms with Crippen molar-refractivity contribution in [2.45, 2.75) is 56.1 Å².